The third-order valence-electron chi connectivity index (χ3n) is 2.63. The van der Waals surface area contributed by atoms with E-state index in [0.717, 1.165) is 5.56 Å². The van der Waals surface area contributed by atoms with Crippen molar-refractivity contribution in [1.29, 1.82) is 0 Å². The van der Waals surface area contributed by atoms with Crippen molar-refractivity contribution in [3.05, 3.63) is 35.4 Å². The van der Waals surface area contributed by atoms with Crippen molar-refractivity contribution in [1.82, 2.24) is 0 Å². The van der Waals surface area contributed by atoms with Crippen LogP contribution in [-0.2, 0) is 17.6 Å². The number of fused-ring (bicyclic) bond motifs is 1. The molecule has 1 aliphatic rings. The van der Waals surface area contributed by atoms with Crippen LogP contribution in [0.1, 0.15) is 11.1 Å². The highest BCUT2D eigenvalue weighted by molar-refractivity contribution is 5.85. The van der Waals surface area contributed by atoms with E-state index in [1.54, 1.807) is 0 Å². The van der Waals surface area contributed by atoms with E-state index in [1.165, 1.54) is 5.56 Å². The number of aliphatic hydroxyl groups excluding tert-OH is 1. The van der Waals surface area contributed by atoms with Gasteiger partial charge < -0.3 is 5.11 Å². The monoisotopic (exact) mass is 176 g/mol. The number of hydrogen-bond acceptors (Lipinski definition) is 2. The molecule has 0 aromatic heterocycles. The second kappa shape index (κ2) is 3.30. The molecule has 0 amide bonds. The molecule has 0 saturated carbocycles. The average Bonchev–Trinajstić information content (AvgIpc) is 2.17. The van der Waals surface area contributed by atoms with Gasteiger partial charge in [-0.2, -0.15) is 0 Å². The normalized spacial score (nSPS) is 21.3. The molecular weight excluding hydrogens is 164 g/mol. The Kier molecular flexibility index (Phi) is 2.15. The number of carbonyl (C=O) groups excluding carboxylic acids is 1. The molecule has 2 nitrogen and oxygen atoms in total. The van der Waals surface area contributed by atoms with E-state index in [1.807, 2.05) is 24.3 Å². The number of hydrogen-bond donors (Lipinski definition) is 1. The lowest BCUT2D eigenvalue weighted by Gasteiger charge is -2.21. The van der Waals surface area contributed by atoms with Gasteiger partial charge in [-0.1, -0.05) is 24.3 Å². The number of Topliss-reactive ketones (excluding diaryl/α,β-unsaturated/α-hetero) is 1. The predicted molar refractivity (Wildman–Crippen MR) is 49.4 cm³/mol. The number of benzene rings is 1. The first-order valence-electron chi connectivity index (χ1n) is 4.51. The zero-order valence-electron chi connectivity index (χ0n) is 7.36. The molecule has 2 rings (SSSR count). The molecule has 2 heteroatoms. The molecular formula is C11H12O2. The van der Waals surface area contributed by atoms with Gasteiger partial charge in [0.25, 0.3) is 0 Å². The average molecular weight is 176 g/mol. The van der Waals surface area contributed by atoms with E-state index >= 15 is 0 Å². The number of ketones is 1. The predicted octanol–water partition coefficient (Wildman–Crippen LogP) is 0.963. The summed E-state index contributed by atoms with van der Waals surface area (Å²) in [6.45, 7) is -0.0207. The summed E-state index contributed by atoms with van der Waals surface area (Å²) in [5.41, 5.74) is 2.33. The first kappa shape index (κ1) is 8.45. The molecule has 0 saturated heterocycles. The molecule has 1 unspecified atom stereocenters. The maximum Gasteiger partial charge on any atom is 0.142 e. The van der Waals surface area contributed by atoms with E-state index in [9.17, 15) is 4.79 Å². The third kappa shape index (κ3) is 1.49. The maximum absolute atomic E-state index is 11.4. The lowest BCUT2D eigenvalue weighted by Crippen LogP contribution is -2.27. The Bertz CT molecular complexity index is 331. The highest BCUT2D eigenvalue weighted by Crippen LogP contribution is 2.22. The van der Waals surface area contributed by atoms with Gasteiger partial charge in [-0.15, -0.1) is 0 Å². The Balaban J connectivity index is 2.33. The topological polar surface area (TPSA) is 37.3 Å². The number of carbonyl (C=O) groups is 1. The highest BCUT2D eigenvalue weighted by Gasteiger charge is 2.24. The van der Waals surface area contributed by atoms with Crippen LogP contribution in [0.5, 0.6) is 0 Å². The van der Waals surface area contributed by atoms with E-state index < -0.39 is 0 Å². The Labute approximate surface area is 77.2 Å². The van der Waals surface area contributed by atoms with Crippen molar-refractivity contribution >= 4 is 5.78 Å². The summed E-state index contributed by atoms with van der Waals surface area (Å²) < 4.78 is 0. The van der Waals surface area contributed by atoms with Gasteiger partial charge in [-0.25, -0.2) is 0 Å². The molecule has 68 valence electrons. The molecule has 1 aromatic carbocycles. The molecule has 0 aliphatic heterocycles. The molecule has 0 bridgehead atoms. The Hall–Kier alpha value is -1.15. The minimum absolute atomic E-state index is 0.0207. The first-order chi connectivity index (χ1) is 6.31. The smallest absolute Gasteiger partial charge is 0.142 e. The van der Waals surface area contributed by atoms with Crippen LogP contribution < -0.4 is 0 Å². The molecule has 0 heterocycles. The van der Waals surface area contributed by atoms with E-state index in [0.29, 0.717) is 12.8 Å². The third-order valence-corrected chi connectivity index (χ3v) is 2.63. The SMILES string of the molecule is O=C1Cc2ccccc2CC1CO. The Morgan fingerprint density at radius 3 is 2.69 bits per heavy atom. The number of rotatable bonds is 1. The van der Waals surface area contributed by atoms with Crippen molar-refractivity contribution in [3.63, 3.8) is 0 Å². The maximum atomic E-state index is 11.4. The van der Waals surface area contributed by atoms with Gasteiger partial charge in [0.1, 0.15) is 5.78 Å². The molecule has 1 atom stereocenters. The fourth-order valence-corrected chi connectivity index (χ4v) is 1.81. The van der Waals surface area contributed by atoms with E-state index in [-0.39, 0.29) is 18.3 Å². The summed E-state index contributed by atoms with van der Waals surface area (Å²) in [5.74, 6) is -0.00361. The molecule has 1 aromatic rings. The summed E-state index contributed by atoms with van der Waals surface area (Å²) in [6.07, 6.45) is 1.19. The fourth-order valence-electron chi connectivity index (χ4n) is 1.81. The second-order valence-corrected chi connectivity index (χ2v) is 3.50. The fraction of sp³-hybridized carbons (Fsp3) is 0.364. The lowest BCUT2D eigenvalue weighted by atomic mass is 9.83. The van der Waals surface area contributed by atoms with Gasteiger partial charge in [0.2, 0.25) is 0 Å². The van der Waals surface area contributed by atoms with Crippen LogP contribution in [0.3, 0.4) is 0 Å². The van der Waals surface area contributed by atoms with Gasteiger partial charge >= 0.3 is 0 Å². The molecule has 1 aliphatic carbocycles. The van der Waals surface area contributed by atoms with Crippen LogP contribution >= 0.6 is 0 Å². The van der Waals surface area contributed by atoms with E-state index in [2.05, 4.69) is 0 Å². The molecule has 0 spiro atoms. The van der Waals surface area contributed by atoms with Gasteiger partial charge in [-0.05, 0) is 17.5 Å². The van der Waals surface area contributed by atoms with Crippen LogP contribution in [-0.4, -0.2) is 17.5 Å². The molecule has 0 fully saturated rings. The first-order valence-corrected chi connectivity index (χ1v) is 4.51. The minimum Gasteiger partial charge on any atom is -0.396 e. The Morgan fingerprint density at radius 2 is 2.00 bits per heavy atom. The van der Waals surface area contributed by atoms with Gasteiger partial charge in [0.15, 0.2) is 0 Å². The van der Waals surface area contributed by atoms with E-state index in [4.69, 9.17) is 5.11 Å². The quantitative estimate of drug-likeness (QED) is 0.692. The highest BCUT2D eigenvalue weighted by atomic mass is 16.3. The van der Waals surface area contributed by atoms with Gasteiger partial charge in [0, 0.05) is 12.3 Å². The summed E-state index contributed by atoms with van der Waals surface area (Å²) in [5, 5.41) is 8.97. The zero-order chi connectivity index (χ0) is 9.26. The molecule has 13 heavy (non-hydrogen) atoms. The van der Waals surface area contributed by atoms with Crippen LogP contribution in [0, 0.1) is 5.92 Å². The van der Waals surface area contributed by atoms with Gasteiger partial charge in [0.05, 0.1) is 6.61 Å². The van der Waals surface area contributed by atoms with Crippen LogP contribution in [0.2, 0.25) is 0 Å². The zero-order valence-corrected chi connectivity index (χ0v) is 7.36. The standard InChI is InChI=1S/C11H12O2/c12-7-10-5-8-3-1-2-4-9(8)6-11(10)13/h1-4,10,12H,5-7H2. The summed E-state index contributed by atoms with van der Waals surface area (Å²) >= 11 is 0. The number of aliphatic hydroxyl groups is 1. The Morgan fingerprint density at radius 1 is 1.31 bits per heavy atom. The largest absolute Gasteiger partial charge is 0.396 e. The van der Waals surface area contributed by atoms with Crippen LogP contribution in [0.15, 0.2) is 24.3 Å². The summed E-state index contributed by atoms with van der Waals surface area (Å²) in [7, 11) is 0. The summed E-state index contributed by atoms with van der Waals surface area (Å²) in [4.78, 5) is 11.4. The van der Waals surface area contributed by atoms with Gasteiger partial charge in [-0.3, -0.25) is 4.79 Å². The van der Waals surface area contributed by atoms with Crippen LogP contribution in [0.25, 0.3) is 0 Å². The van der Waals surface area contributed by atoms with Crippen molar-refractivity contribution in [2.75, 3.05) is 6.61 Å². The molecule has 1 N–H and O–H groups in total. The second-order valence-electron chi connectivity index (χ2n) is 3.50. The minimum atomic E-state index is -0.171. The van der Waals surface area contributed by atoms with Crippen molar-refractivity contribution in [3.8, 4) is 0 Å². The molecule has 0 radical (unpaired) electrons. The van der Waals surface area contributed by atoms with Crippen molar-refractivity contribution in [2.24, 2.45) is 5.92 Å². The van der Waals surface area contributed by atoms with Crippen molar-refractivity contribution < 1.29 is 9.90 Å². The lowest BCUT2D eigenvalue weighted by molar-refractivity contribution is -0.123. The summed E-state index contributed by atoms with van der Waals surface area (Å²) in [6, 6.07) is 7.94. The van der Waals surface area contributed by atoms with Crippen molar-refractivity contribution in [2.45, 2.75) is 12.8 Å². The van der Waals surface area contributed by atoms with Crippen LogP contribution in [0.4, 0.5) is 0 Å².